The van der Waals surface area contributed by atoms with Crippen LogP contribution >= 0.6 is 0 Å². The van der Waals surface area contributed by atoms with Gasteiger partial charge in [-0.1, -0.05) is 12.1 Å². The van der Waals surface area contributed by atoms with Crippen molar-refractivity contribution in [3.05, 3.63) is 29.8 Å². The second kappa shape index (κ2) is 4.88. The summed E-state index contributed by atoms with van der Waals surface area (Å²) in [5, 5.41) is 9.11. The molecule has 4 heteroatoms. The number of carbonyl (C=O) groups excluding carboxylic acids is 1. The summed E-state index contributed by atoms with van der Waals surface area (Å²) in [4.78, 5) is 10.9. The first kappa shape index (κ1) is 11.1. The number of para-hydroxylation sites is 1. The monoisotopic (exact) mass is 216 g/mol. The summed E-state index contributed by atoms with van der Waals surface area (Å²) < 4.78 is 4.42. The van der Waals surface area contributed by atoms with Crippen LogP contribution in [0.2, 0.25) is 0 Å². The third-order valence-electron chi connectivity index (χ3n) is 1.31. The second-order valence-corrected chi connectivity index (χ2v) is 2.01. The molecule has 1 aromatic carbocycles. The molecular formula is C8H8O3Zn. The molecule has 0 saturated heterocycles. The largest absolute Gasteiger partial charge is 0.507 e. The third-order valence-corrected chi connectivity index (χ3v) is 1.31. The van der Waals surface area contributed by atoms with Gasteiger partial charge in [0, 0.05) is 19.5 Å². The van der Waals surface area contributed by atoms with E-state index in [9.17, 15) is 4.79 Å². The molecule has 1 rings (SSSR count). The first-order valence-corrected chi connectivity index (χ1v) is 3.12. The fourth-order valence-electron chi connectivity index (χ4n) is 0.756. The first-order chi connectivity index (χ1) is 5.25. The fraction of sp³-hybridized carbons (Fsp3) is 0.125. The van der Waals surface area contributed by atoms with Crippen LogP contribution in [-0.2, 0) is 24.2 Å². The maximum Gasteiger partial charge on any atom is 0.341 e. The van der Waals surface area contributed by atoms with Crippen LogP contribution in [0.5, 0.6) is 5.75 Å². The number of phenolic OH excluding ortho intramolecular Hbond substituents is 1. The van der Waals surface area contributed by atoms with Crippen LogP contribution in [-0.4, -0.2) is 18.2 Å². The predicted molar refractivity (Wildman–Crippen MR) is 39.4 cm³/mol. The van der Waals surface area contributed by atoms with Crippen LogP contribution in [0, 0.1) is 0 Å². The van der Waals surface area contributed by atoms with Crippen molar-refractivity contribution in [1.82, 2.24) is 0 Å². The Morgan fingerprint density at radius 2 is 2.00 bits per heavy atom. The van der Waals surface area contributed by atoms with Gasteiger partial charge in [0.15, 0.2) is 0 Å². The first-order valence-electron chi connectivity index (χ1n) is 3.12. The Bertz CT molecular complexity index is 273. The SMILES string of the molecule is COC(=O)c1ccccc1O.[Zn]. The maximum absolute atomic E-state index is 10.9. The van der Waals surface area contributed by atoms with Gasteiger partial charge in [-0.25, -0.2) is 4.79 Å². The number of esters is 1. The van der Waals surface area contributed by atoms with Crippen molar-refractivity contribution in [3.8, 4) is 5.75 Å². The Hall–Kier alpha value is -0.887. The van der Waals surface area contributed by atoms with E-state index < -0.39 is 5.97 Å². The smallest absolute Gasteiger partial charge is 0.341 e. The number of benzene rings is 1. The van der Waals surface area contributed by atoms with E-state index in [-0.39, 0.29) is 30.8 Å². The van der Waals surface area contributed by atoms with Crippen LogP contribution in [0.1, 0.15) is 10.4 Å². The van der Waals surface area contributed by atoms with E-state index in [1.54, 1.807) is 12.1 Å². The standard InChI is InChI=1S/C8H8O3.Zn/c1-11-8(10)6-4-2-3-5-7(6)9;/h2-5,9H,1H3;. The molecule has 0 radical (unpaired) electrons. The van der Waals surface area contributed by atoms with Crippen molar-refractivity contribution < 1.29 is 34.1 Å². The van der Waals surface area contributed by atoms with E-state index in [2.05, 4.69) is 4.74 Å². The second-order valence-electron chi connectivity index (χ2n) is 2.01. The summed E-state index contributed by atoms with van der Waals surface area (Å²) in [5.74, 6) is -0.581. The van der Waals surface area contributed by atoms with Crippen LogP contribution < -0.4 is 0 Å². The Morgan fingerprint density at radius 1 is 1.42 bits per heavy atom. The molecule has 3 nitrogen and oxygen atoms in total. The molecule has 1 N–H and O–H groups in total. The van der Waals surface area contributed by atoms with Gasteiger partial charge in [-0.2, -0.15) is 0 Å². The van der Waals surface area contributed by atoms with Crippen molar-refractivity contribution >= 4 is 5.97 Å². The molecule has 0 aliphatic heterocycles. The molecule has 0 atom stereocenters. The van der Waals surface area contributed by atoms with Gasteiger partial charge in [0.2, 0.25) is 0 Å². The van der Waals surface area contributed by atoms with Crippen molar-refractivity contribution in [3.63, 3.8) is 0 Å². The van der Waals surface area contributed by atoms with Crippen molar-refractivity contribution in [2.45, 2.75) is 0 Å². The minimum Gasteiger partial charge on any atom is -0.507 e. The fourth-order valence-corrected chi connectivity index (χ4v) is 0.756. The Kier molecular flexibility index (Phi) is 4.52. The molecule has 0 aromatic heterocycles. The Labute approximate surface area is 83.1 Å². The number of hydrogen-bond donors (Lipinski definition) is 1. The summed E-state index contributed by atoms with van der Waals surface area (Å²) in [5.41, 5.74) is 0.190. The topological polar surface area (TPSA) is 46.5 Å². The van der Waals surface area contributed by atoms with Gasteiger partial charge in [0.05, 0.1) is 7.11 Å². The molecule has 0 unspecified atom stereocenters. The summed E-state index contributed by atoms with van der Waals surface area (Å²) in [6.45, 7) is 0. The number of phenols is 1. The molecule has 60 valence electrons. The molecule has 0 saturated carbocycles. The van der Waals surface area contributed by atoms with Crippen LogP contribution in [0.4, 0.5) is 0 Å². The quantitative estimate of drug-likeness (QED) is 0.568. The maximum atomic E-state index is 10.9. The molecule has 0 amide bonds. The number of carbonyl (C=O) groups is 1. The van der Waals surface area contributed by atoms with Gasteiger partial charge < -0.3 is 9.84 Å². The van der Waals surface area contributed by atoms with Crippen LogP contribution in [0.3, 0.4) is 0 Å². The zero-order valence-electron chi connectivity index (χ0n) is 6.78. The molecule has 1 aromatic rings. The van der Waals surface area contributed by atoms with Gasteiger partial charge >= 0.3 is 5.97 Å². The number of aromatic hydroxyl groups is 1. The van der Waals surface area contributed by atoms with Gasteiger partial charge in [-0.15, -0.1) is 0 Å². The Balaban J connectivity index is 0.00000121. The molecule has 12 heavy (non-hydrogen) atoms. The summed E-state index contributed by atoms with van der Waals surface area (Å²) in [7, 11) is 1.27. The van der Waals surface area contributed by atoms with Crippen LogP contribution in [0.15, 0.2) is 24.3 Å². The Morgan fingerprint density at radius 3 is 2.50 bits per heavy atom. The summed E-state index contributed by atoms with van der Waals surface area (Å²) in [6.07, 6.45) is 0. The van der Waals surface area contributed by atoms with Gasteiger partial charge in [-0.3, -0.25) is 0 Å². The average Bonchev–Trinajstić information content (AvgIpc) is 2.04. The van der Waals surface area contributed by atoms with Gasteiger partial charge in [-0.05, 0) is 12.1 Å². The van der Waals surface area contributed by atoms with E-state index in [0.29, 0.717) is 0 Å². The predicted octanol–water partition coefficient (Wildman–Crippen LogP) is 1.18. The van der Waals surface area contributed by atoms with Crippen molar-refractivity contribution in [1.29, 1.82) is 0 Å². The zero-order valence-corrected chi connectivity index (χ0v) is 9.75. The van der Waals surface area contributed by atoms with Gasteiger partial charge in [0.25, 0.3) is 0 Å². The van der Waals surface area contributed by atoms with E-state index in [4.69, 9.17) is 5.11 Å². The molecule has 0 bridgehead atoms. The average molecular weight is 218 g/mol. The third kappa shape index (κ3) is 2.31. The number of methoxy groups -OCH3 is 1. The molecular weight excluding hydrogens is 209 g/mol. The van der Waals surface area contributed by atoms with E-state index in [0.717, 1.165) is 0 Å². The minimum absolute atomic E-state index is 0. The van der Waals surface area contributed by atoms with Gasteiger partial charge in [0.1, 0.15) is 11.3 Å². The number of rotatable bonds is 1. The molecule has 0 heterocycles. The van der Waals surface area contributed by atoms with Crippen molar-refractivity contribution in [2.24, 2.45) is 0 Å². The minimum atomic E-state index is -0.525. The molecule has 0 fully saturated rings. The molecule has 0 aliphatic carbocycles. The molecule has 0 aliphatic rings. The van der Waals surface area contributed by atoms with E-state index in [1.165, 1.54) is 19.2 Å². The van der Waals surface area contributed by atoms with E-state index >= 15 is 0 Å². The van der Waals surface area contributed by atoms with Crippen LogP contribution in [0.25, 0.3) is 0 Å². The molecule has 0 spiro atoms. The van der Waals surface area contributed by atoms with Crippen molar-refractivity contribution in [2.75, 3.05) is 7.11 Å². The summed E-state index contributed by atoms with van der Waals surface area (Å²) >= 11 is 0. The van der Waals surface area contributed by atoms with E-state index in [1.807, 2.05) is 0 Å². The normalized spacial score (nSPS) is 8.42. The summed E-state index contributed by atoms with van der Waals surface area (Å²) in [6, 6.07) is 6.24. The number of hydrogen-bond acceptors (Lipinski definition) is 3. The zero-order chi connectivity index (χ0) is 8.27. The number of ether oxygens (including phenoxy) is 1.